The lowest BCUT2D eigenvalue weighted by Crippen LogP contribution is -2.05. The molecule has 0 aliphatic carbocycles. The van der Waals surface area contributed by atoms with E-state index in [4.69, 9.17) is 9.47 Å². The van der Waals surface area contributed by atoms with Gasteiger partial charge >= 0.3 is 11.9 Å². The molecular formula is C40H38O4. The van der Waals surface area contributed by atoms with Crippen molar-refractivity contribution in [1.29, 1.82) is 0 Å². The summed E-state index contributed by atoms with van der Waals surface area (Å²) in [6.45, 7) is 0.570. The molecule has 0 bridgehead atoms. The molecule has 0 aromatic heterocycles. The molecule has 6 aromatic rings. The highest BCUT2D eigenvalue weighted by molar-refractivity contribution is 6.03. The van der Waals surface area contributed by atoms with Gasteiger partial charge in [0.25, 0.3) is 0 Å². The molecule has 44 heavy (non-hydrogen) atoms. The normalized spacial score (nSPS) is 11.4. The molecule has 0 aliphatic rings. The van der Waals surface area contributed by atoms with E-state index in [0.717, 1.165) is 92.7 Å². The van der Waals surface area contributed by atoms with Gasteiger partial charge in [-0.2, -0.15) is 0 Å². The molecule has 0 saturated carbocycles. The van der Waals surface area contributed by atoms with Crippen LogP contribution in [0.2, 0.25) is 0 Å². The van der Waals surface area contributed by atoms with Crippen molar-refractivity contribution in [3.05, 3.63) is 120 Å². The molecule has 0 aliphatic heterocycles. The lowest BCUT2D eigenvalue weighted by atomic mass is 9.97. The third-order valence-corrected chi connectivity index (χ3v) is 8.53. The molecule has 4 heteroatoms. The van der Waals surface area contributed by atoms with Gasteiger partial charge in [-0.3, -0.25) is 9.59 Å². The van der Waals surface area contributed by atoms with E-state index < -0.39 is 0 Å². The molecule has 0 amide bonds. The summed E-state index contributed by atoms with van der Waals surface area (Å²) in [5.74, 6) is -0.299. The fourth-order valence-electron chi connectivity index (χ4n) is 6.22. The number of rotatable bonds is 13. The van der Waals surface area contributed by atoms with Crippen LogP contribution in [-0.2, 0) is 32.3 Å². The van der Waals surface area contributed by atoms with Gasteiger partial charge in [0.2, 0.25) is 0 Å². The Morgan fingerprint density at radius 2 is 0.705 bits per heavy atom. The Hall–Kier alpha value is -4.70. The molecule has 4 nitrogen and oxygen atoms in total. The lowest BCUT2D eigenvalue weighted by molar-refractivity contribution is -0.146. The fourth-order valence-corrected chi connectivity index (χ4v) is 6.22. The van der Waals surface area contributed by atoms with E-state index in [1.807, 2.05) is 48.5 Å². The number of unbranched alkanes of at least 4 members (excludes halogenated alkanes) is 5. The first-order valence-electron chi connectivity index (χ1n) is 15.8. The Morgan fingerprint density at radius 3 is 1.05 bits per heavy atom. The summed E-state index contributed by atoms with van der Waals surface area (Å²) in [6.07, 6.45) is 6.52. The number of hydrogen-bond acceptors (Lipinski definition) is 4. The van der Waals surface area contributed by atoms with Crippen molar-refractivity contribution in [2.45, 2.75) is 64.6 Å². The zero-order chi connectivity index (χ0) is 30.1. The Kier molecular flexibility index (Phi) is 9.47. The van der Waals surface area contributed by atoms with Crippen molar-refractivity contribution in [3.63, 3.8) is 0 Å². The van der Waals surface area contributed by atoms with E-state index in [2.05, 4.69) is 60.7 Å². The minimum Gasteiger partial charge on any atom is -0.461 e. The predicted octanol–water partition coefficient (Wildman–Crippen LogP) is 10.2. The first kappa shape index (κ1) is 29.4. The number of carbonyl (C=O) groups is 2. The number of carbonyl (C=O) groups excluding carboxylic acids is 2. The molecule has 222 valence electrons. The zero-order valence-electron chi connectivity index (χ0n) is 25.1. The largest absolute Gasteiger partial charge is 0.461 e. The predicted molar refractivity (Wildman–Crippen MR) is 179 cm³/mol. The van der Waals surface area contributed by atoms with Gasteiger partial charge in [0.1, 0.15) is 13.2 Å². The van der Waals surface area contributed by atoms with Crippen LogP contribution in [0.4, 0.5) is 0 Å². The highest BCUT2D eigenvalue weighted by Gasteiger charge is 2.12. The van der Waals surface area contributed by atoms with E-state index in [-0.39, 0.29) is 25.2 Å². The second-order valence-electron chi connectivity index (χ2n) is 11.5. The van der Waals surface area contributed by atoms with Gasteiger partial charge in [0, 0.05) is 24.0 Å². The van der Waals surface area contributed by atoms with Crippen LogP contribution in [0.15, 0.2) is 109 Å². The highest BCUT2D eigenvalue weighted by Crippen LogP contribution is 2.30. The summed E-state index contributed by atoms with van der Waals surface area (Å²) in [5, 5.41) is 9.14. The van der Waals surface area contributed by atoms with E-state index in [1.54, 1.807) is 0 Å². The molecular weight excluding hydrogens is 544 g/mol. The Morgan fingerprint density at radius 1 is 0.409 bits per heavy atom. The number of esters is 2. The SMILES string of the molecule is O=C(CCCCCCCCC(=O)OCc1c2ccccc2cc2ccccc12)OCc1c2ccccc2cc2ccccc12. The summed E-state index contributed by atoms with van der Waals surface area (Å²) in [7, 11) is 0. The van der Waals surface area contributed by atoms with Crippen LogP contribution >= 0.6 is 0 Å². The Labute approximate surface area is 258 Å². The Balaban J connectivity index is 0.887. The van der Waals surface area contributed by atoms with Gasteiger partial charge in [-0.1, -0.05) is 123 Å². The highest BCUT2D eigenvalue weighted by atomic mass is 16.5. The average Bonchev–Trinajstić information content (AvgIpc) is 3.06. The molecule has 0 fully saturated rings. The van der Waals surface area contributed by atoms with Crippen molar-refractivity contribution in [2.24, 2.45) is 0 Å². The molecule has 0 radical (unpaired) electrons. The van der Waals surface area contributed by atoms with Gasteiger partial charge in [0.15, 0.2) is 0 Å². The number of hydrogen-bond donors (Lipinski definition) is 0. The second-order valence-corrected chi connectivity index (χ2v) is 11.5. The summed E-state index contributed by atoms with van der Waals surface area (Å²) >= 11 is 0. The summed E-state index contributed by atoms with van der Waals surface area (Å²) in [6, 6.07) is 37.4. The quantitative estimate of drug-likeness (QED) is 0.0772. The monoisotopic (exact) mass is 582 g/mol. The van der Waals surface area contributed by atoms with Crippen LogP contribution in [0.1, 0.15) is 62.5 Å². The molecule has 6 aromatic carbocycles. The summed E-state index contributed by atoms with van der Waals surface area (Å²) < 4.78 is 11.5. The molecule has 0 atom stereocenters. The summed E-state index contributed by atoms with van der Waals surface area (Å²) in [5.41, 5.74) is 2.13. The third kappa shape index (κ3) is 6.92. The number of ether oxygens (including phenoxy) is 2. The molecule has 0 N–H and O–H groups in total. The lowest BCUT2D eigenvalue weighted by Gasteiger charge is -2.12. The van der Waals surface area contributed by atoms with E-state index in [0.29, 0.717) is 12.8 Å². The smallest absolute Gasteiger partial charge is 0.306 e. The van der Waals surface area contributed by atoms with Crippen LogP contribution < -0.4 is 0 Å². The second kappa shape index (κ2) is 14.2. The van der Waals surface area contributed by atoms with Crippen LogP contribution in [0.25, 0.3) is 43.1 Å². The van der Waals surface area contributed by atoms with Gasteiger partial charge < -0.3 is 9.47 Å². The van der Waals surface area contributed by atoms with Crippen molar-refractivity contribution in [3.8, 4) is 0 Å². The van der Waals surface area contributed by atoms with Gasteiger partial charge in [-0.05, 0) is 68.1 Å². The van der Waals surface area contributed by atoms with E-state index >= 15 is 0 Å². The molecule has 0 unspecified atom stereocenters. The maximum Gasteiger partial charge on any atom is 0.306 e. The molecule has 0 saturated heterocycles. The van der Waals surface area contributed by atoms with E-state index in [1.165, 1.54) is 0 Å². The maximum atomic E-state index is 12.5. The maximum absolute atomic E-state index is 12.5. The van der Waals surface area contributed by atoms with Crippen LogP contribution in [0.3, 0.4) is 0 Å². The van der Waals surface area contributed by atoms with Gasteiger partial charge in [-0.25, -0.2) is 0 Å². The first-order valence-corrected chi connectivity index (χ1v) is 15.8. The first-order chi connectivity index (χ1) is 21.7. The average molecular weight is 583 g/mol. The zero-order valence-corrected chi connectivity index (χ0v) is 25.1. The number of benzene rings is 6. The number of fused-ring (bicyclic) bond motifs is 4. The van der Waals surface area contributed by atoms with Crippen LogP contribution in [0, 0.1) is 0 Å². The van der Waals surface area contributed by atoms with E-state index in [9.17, 15) is 9.59 Å². The standard InChI is InChI=1S/C40H38O4/c41-39(43-27-37-33-19-11-7-15-29(33)25-30-16-8-12-20-34(30)37)23-5-3-1-2-4-6-24-40(42)44-28-38-35-21-13-9-17-31(35)26-32-18-10-14-22-36(32)38/h7-22,25-26H,1-6,23-24,27-28H2. The fraction of sp³-hybridized carbons (Fsp3) is 0.250. The minimum atomic E-state index is -0.149. The van der Waals surface area contributed by atoms with Crippen molar-refractivity contribution >= 4 is 55.0 Å². The molecule has 0 heterocycles. The Bertz CT molecular complexity index is 1670. The van der Waals surface area contributed by atoms with Crippen molar-refractivity contribution in [2.75, 3.05) is 0 Å². The van der Waals surface area contributed by atoms with Gasteiger partial charge in [0.05, 0.1) is 0 Å². The van der Waals surface area contributed by atoms with Crippen LogP contribution in [-0.4, -0.2) is 11.9 Å². The van der Waals surface area contributed by atoms with Crippen molar-refractivity contribution in [1.82, 2.24) is 0 Å². The minimum absolute atomic E-state index is 0.149. The van der Waals surface area contributed by atoms with Gasteiger partial charge in [-0.15, -0.1) is 0 Å². The molecule has 0 spiro atoms. The summed E-state index contributed by atoms with van der Waals surface area (Å²) in [4.78, 5) is 25.1. The van der Waals surface area contributed by atoms with Crippen LogP contribution in [0.5, 0.6) is 0 Å². The third-order valence-electron chi connectivity index (χ3n) is 8.53. The van der Waals surface area contributed by atoms with Crippen molar-refractivity contribution < 1.29 is 19.1 Å². The molecule has 6 rings (SSSR count). The topological polar surface area (TPSA) is 52.6 Å².